The molecule has 0 aromatic carbocycles. The molecular weight excluding hydrogens is 268 g/mol. The summed E-state index contributed by atoms with van der Waals surface area (Å²) in [6.07, 6.45) is 2.56. The standard InChI is InChI=1S/C14H28N2OS.C2H6/c1-11(2)12-14(7-6-8-15-9-14)10-16(12)18(17)13(3,4)5;1-2/h11-12,15H,6-10H2,1-5H3;1-2H3. The zero-order chi connectivity index (χ0) is 15.6. The number of hydrogen-bond donors (Lipinski definition) is 1. The molecule has 0 amide bonds. The summed E-state index contributed by atoms with van der Waals surface area (Å²) in [6.45, 7) is 18.0. The topological polar surface area (TPSA) is 32.3 Å². The Balaban J connectivity index is 0.000000956. The Morgan fingerprint density at radius 2 is 1.90 bits per heavy atom. The molecule has 0 aliphatic carbocycles. The first-order valence-corrected chi connectivity index (χ1v) is 9.28. The van der Waals surface area contributed by atoms with E-state index < -0.39 is 11.0 Å². The zero-order valence-electron chi connectivity index (χ0n) is 14.5. The molecule has 0 radical (unpaired) electrons. The first-order chi connectivity index (χ1) is 9.28. The first kappa shape index (κ1) is 18.1. The van der Waals surface area contributed by atoms with Crippen molar-refractivity contribution < 1.29 is 4.21 Å². The Hall–Kier alpha value is 0.0700. The van der Waals surface area contributed by atoms with Crippen LogP contribution in [0.15, 0.2) is 0 Å². The predicted octanol–water partition coefficient (Wildman–Crippen LogP) is 3.18. The second-order valence-corrected chi connectivity index (χ2v) is 9.46. The fourth-order valence-electron chi connectivity index (χ4n) is 3.63. The number of nitrogens with one attached hydrogen (secondary N) is 1. The molecule has 2 saturated heterocycles. The van der Waals surface area contributed by atoms with Crippen molar-refractivity contribution in [2.75, 3.05) is 19.6 Å². The molecule has 2 aliphatic heterocycles. The average Bonchev–Trinajstić information content (AvgIpc) is 2.37. The number of nitrogens with zero attached hydrogens (tertiary/aromatic N) is 1. The van der Waals surface area contributed by atoms with Crippen molar-refractivity contribution in [3.05, 3.63) is 0 Å². The molecule has 1 spiro atoms. The van der Waals surface area contributed by atoms with E-state index in [1.807, 2.05) is 13.8 Å². The number of piperidine rings is 1. The van der Waals surface area contributed by atoms with E-state index in [9.17, 15) is 4.21 Å². The van der Waals surface area contributed by atoms with Crippen LogP contribution in [-0.4, -0.2) is 38.9 Å². The second kappa shape index (κ2) is 6.89. The van der Waals surface area contributed by atoms with Gasteiger partial charge in [-0.25, -0.2) is 8.51 Å². The molecule has 3 unspecified atom stereocenters. The van der Waals surface area contributed by atoms with E-state index in [4.69, 9.17) is 0 Å². The molecule has 3 atom stereocenters. The van der Waals surface area contributed by atoms with Gasteiger partial charge >= 0.3 is 0 Å². The minimum Gasteiger partial charge on any atom is -0.316 e. The van der Waals surface area contributed by atoms with Gasteiger partial charge in [-0.2, -0.15) is 0 Å². The van der Waals surface area contributed by atoms with Gasteiger partial charge in [-0.15, -0.1) is 0 Å². The van der Waals surface area contributed by atoms with Crippen LogP contribution in [0.4, 0.5) is 0 Å². The minimum atomic E-state index is -0.868. The third kappa shape index (κ3) is 3.45. The summed E-state index contributed by atoms with van der Waals surface area (Å²) in [5.41, 5.74) is 0.382. The molecule has 0 aromatic heterocycles. The SMILES string of the molecule is CC.CC(C)C1N(S(=O)C(C)(C)C)CC12CCCNC2. The van der Waals surface area contributed by atoms with E-state index in [2.05, 4.69) is 44.2 Å². The van der Waals surface area contributed by atoms with Gasteiger partial charge in [0, 0.05) is 24.5 Å². The van der Waals surface area contributed by atoms with Crippen LogP contribution in [0.1, 0.15) is 61.3 Å². The van der Waals surface area contributed by atoms with Gasteiger partial charge in [-0.05, 0) is 46.1 Å². The largest absolute Gasteiger partial charge is 0.316 e. The molecule has 4 heteroatoms. The lowest BCUT2D eigenvalue weighted by Gasteiger charge is -2.61. The molecular formula is C16H34N2OS. The van der Waals surface area contributed by atoms with Gasteiger partial charge in [0.2, 0.25) is 0 Å². The minimum absolute atomic E-state index is 0.142. The molecule has 2 heterocycles. The summed E-state index contributed by atoms with van der Waals surface area (Å²) in [5.74, 6) is 0.574. The zero-order valence-corrected chi connectivity index (χ0v) is 15.3. The number of hydrogen-bond acceptors (Lipinski definition) is 2. The molecule has 0 bridgehead atoms. The van der Waals surface area contributed by atoms with Crippen LogP contribution >= 0.6 is 0 Å². The normalized spacial score (nSPS) is 32.5. The molecule has 120 valence electrons. The highest BCUT2D eigenvalue weighted by molar-refractivity contribution is 7.84. The van der Waals surface area contributed by atoms with E-state index in [0.717, 1.165) is 19.6 Å². The number of rotatable bonds is 2. The monoisotopic (exact) mass is 302 g/mol. The Bertz CT molecular complexity index is 330. The Morgan fingerprint density at radius 1 is 1.30 bits per heavy atom. The van der Waals surface area contributed by atoms with Gasteiger partial charge in [-0.1, -0.05) is 27.7 Å². The van der Waals surface area contributed by atoms with Crippen molar-refractivity contribution in [1.82, 2.24) is 9.62 Å². The maximum absolute atomic E-state index is 12.6. The molecule has 1 N–H and O–H groups in total. The molecule has 20 heavy (non-hydrogen) atoms. The highest BCUT2D eigenvalue weighted by Crippen LogP contribution is 2.48. The van der Waals surface area contributed by atoms with Crippen LogP contribution in [0.3, 0.4) is 0 Å². The van der Waals surface area contributed by atoms with Crippen molar-refractivity contribution in [2.45, 2.75) is 72.1 Å². The van der Waals surface area contributed by atoms with Gasteiger partial charge in [0.1, 0.15) is 0 Å². The lowest BCUT2D eigenvalue weighted by atomic mass is 9.65. The summed E-state index contributed by atoms with van der Waals surface area (Å²) < 4.78 is 14.7. The van der Waals surface area contributed by atoms with Crippen LogP contribution in [0, 0.1) is 11.3 Å². The summed E-state index contributed by atoms with van der Waals surface area (Å²) in [6, 6.07) is 0.477. The van der Waals surface area contributed by atoms with E-state index in [1.165, 1.54) is 12.8 Å². The van der Waals surface area contributed by atoms with Crippen LogP contribution in [-0.2, 0) is 11.0 Å². The Kier molecular flexibility index (Phi) is 6.24. The van der Waals surface area contributed by atoms with Crippen molar-refractivity contribution in [2.24, 2.45) is 11.3 Å². The lowest BCUT2D eigenvalue weighted by Crippen LogP contribution is -2.72. The van der Waals surface area contributed by atoms with Crippen LogP contribution in [0.25, 0.3) is 0 Å². The van der Waals surface area contributed by atoms with E-state index >= 15 is 0 Å². The fourth-order valence-corrected chi connectivity index (χ4v) is 5.38. The van der Waals surface area contributed by atoms with Crippen LogP contribution in [0.5, 0.6) is 0 Å². The van der Waals surface area contributed by atoms with E-state index in [-0.39, 0.29) is 4.75 Å². The van der Waals surface area contributed by atoms with Gasteiger partial charge in [0.25, 0.3) is 0 Å². The fraction of sp³-hybridized carbons (Fsp3) is 1.00. The van der Waals surface area contributed by atoms with E-state index in [1.54, 1.807) is 0 Å². The Morgan fingerprint density at radius 3 is 2.30 bits per heavy atom. The first-order valence-electron chi connectivity index (χ1n) is 8.17. The lowest BCUT2D eigenvalue weighted by molar-refractivity contribution is -0.0527. The van der Waals surface area contributed by atoms with Crippen molar-refractivity contribution >= 4 is 11.0 Å². The van der Waals surface area contributed by atoms with E-state index in [0.29, 0.717) is 17.4 Å². The predicted molar refractivity (Wildman–Crippen MR) is 89.1 cm³/mol. The molecule has 0 saturated carbocycles. The van der Waals surface area contributed by atoms with Gasteiger partial charge in [0.15, 0.2) is 0 Å². The van der Waals surface area contributed by atoms with Crippen LogP contribution < -0.4 is 5.32 Å². The van der Waals surface area contributed by atoms with Crippen LogP contribution in [0.2, 0.25) is 0 Å². The molecule has 2 fully saturated rings. The van der Waals surface area contributed by atoms with Gasteiger partial charge < -0.3 is 5.32 Å². The average molecular weight is 303 g/mol. The molecule has 2 rings (SSSR count). The maximum atomic E-state index is 12.6. The maximum Gasteiger partial charge on any atom is 0.1000 e. The third-order valence-electron chi connectivity index (χ3n) is 4.28. The highest BCUT2D eigenvalue weighted by atomic mass is 32.2. The summed E-state index contributed by atoms with van der Waals surface area (Å²) >= 11 is 0. The van der Waals surface area contributed by atoms with Crippen molar-refractivity contribution in [1.29, 1.82) is 0 Å². The van der Waals surface area contributed by atoms with Crippen molar-refractivity contribution in [3.63, 3.8) is 0 Å². The molecule has 2 aliphatic rings. The summed E-state index contributed by atoms with van der Waals surface area (Å²) in [7, 11) is -0.868. The van der Waals surface area contributed by atoms with Crippen molar-refractivity contribution in [3.8, 4) is 0 Å². The molecule has 0 aromatic rings. The summed E-state index contributed by atoms with van der Waals surface area (Å²) in [5, 5.41) is 3.53. The second-order valence-electron chi connectivity index (χ2n) is 7.27. The van der Waals surface area contributed by atoms with Gasteiger partial charge in [-0.3, -0.25) is 0 Å². The summed E-state index contributed by atoms with van der Waals surface area (Å²) in [4.78, 5) is 0. The Labute approximate surface area is 128 Å². The molecule has 3 nitrogen and oxygen atoms in total. The smallest absolute Gasteiger partial charge is 0.1000 e. The van der Waals surface area contributed by atoms with Gasteiger partial charge in [0.05, 0.1) is 15.7 Å². The quantitative estimate of drug-likeness (QED) is 0.849. The highest BCUT2D eigenvalue weighted by Gasteiger charge is 2.56. The third-order valence-corrected chi connectivity index (χ3v) is 6.11.